The van der Waals surface area contributed by atoms with Crippen molar-refractivity contribution in [2.75, 3.05) is 12.3 Å². The highest BCUT2D eigenvalue weighted by Gasteiger charge is 2.24. The quantitative estimate of drug-likeness (QED) is 0.338. The van der Waals surface area contributed by atoms with Crippen LogP contribution in [0.5, 0.6) is 0 Å². The second-order valence-corrected chi connectivity index (χ2v) is 6.97. The van der Waals surface area contributed by atoms with Crippen LogP contribution >= 0.6 is 0 Å². The van der Waals surface area contributed by atoms with Crippen molar-refractivity contribution in [3.05, 3.63) is 90.0 Å². The molecule has 0 saturated heterocycles. The van der Waals surface area contributed by atoms with Gasteiger partial charge in [-0.3, -0.25) is 9.59 Å². The fourth-order valence-electron chi connectivity index (χ4n) is 3.26. The zero-order chi connectivity index (χ0) is 20.6. The molecule has 0 aromatic heterocycles. The zero-order valence-electron chi connectivity index (χ0n) is 16.5. The number of ketones is 1. The summed E-state index contributed by atoms with van der Waals surface area (Å²) in [5.41, 5.74) is 10.1. The third-order valence-corrected chi connectivity index (χ3v) is 4.83. The van der Waals surface area contributed by atoms with Gasteiger partial charge >= 0.3 is 5.97 Å². The summed E-state index contributed by atoms with van der Waals surface area (Å²) in [7, 11) is 0. The van der Waals surface area contributed by atoms with Gasteiger partial charge in [0.05, 0.1) is 12.5 Å². The number of carbonyl (C=O) groups excluding carboxylic acids is 2. The molecule has 0 aliphatic rings. The van der Waals surface area contributed by atoms with E-state index in [9.17, 15) is 9.59 Å². The summed E-state index contributed by atoms with van der Waals surface area (Å²) in [6, 6.07) is 24.7. The van der Waals surface area contributed by atoms with Crippen LogP contribution in [0.3, 0.4) is 0 Å². The second-order valence-electron chi connectivity index (χ2n) is 6.97. The lowest BCUT2D eigenvalue weighted by molar-refractivity contribution is -0.147. The number of benzene rings is 3. The van der Waals surface area contributed by atoms with E-state index >= 15 is 0 Å². The monoisotopic (exact) mass is 387 g/mol. The third kappa shape index (κ3) is 5.55. The van der Waals surface area contributed by atoms with Crippen LogP contribution in [0, 0.1) is 5.92 Å². The van der Waals surface area contributed by atoms with Gasteiger partial charge in [0.15, 0.2) is 5.78 Å². The Balaban J connectivity index is 1.72. The zero-order valence-corrected chi connectivity index (χ0v) is 16.5. The predicted molar refractivity (Wildman–Crippen MR) is 116 cm³/mol. The molecule has 0 aliphatic carbocycles. The first kappa shape index (κ1) is 20.3. The van der Waals surface area contributed by atoms with Crippen LogP contribution in [-0.4, -0.2) is 18.4 Å². The van der Waals surface area contributed by atoms with Crippen molar-refractivity contribution >= 4 is 17.4 Å². The number of nitrogen functional groups attached to an aromatic ring is 1. The van der Waals surface area contributed by atoms with E-state index in [1.807, 2.05) is 66.7 Å². The van der Waals surface area contributed by atoms with Gasteiger partial charge in [0.2, 0.25) is 0 Å². The van der Waals surface area contributed by atoms with Crippen molar-refractivity contribution in [1.29, 1.82) is 0 Å². The molecule has 0 radical (unpaired) electrons. The number of esters is 1. The Hall–Kier alpha value is -3.40. The third-order valence-electron chi connectivity index (χ3n) is 4.83. The lowest BCUT2D eigenvalue weighted by atomic mass is 9.91. The number of hydrogen-bond acceptors (Lipinski definition) is 4. The summed E-state index contributed by atoms with van der Waals surface area (Å²) in [6.07, 6.45) is 0.601. The molecule has 0 heterocycles. The van der Waals surface area contributed by atoms with Crippen LogP contribution in [0.4, 0.5) is 5.69 Å². The number of rotatable bonds is 8. The van der Waals surface area contributed by atoms with Crippen LogP contribution in [0.15, 0.2) is 78.9 Å². The van der Waals surface area contributed by atoms with Gasteiger partial charge in [-0.1, -0.05) is 66.7 Å². The molecular weight excluding hydrogens is 362 g/mol. The molecule has 0 amide bonds. The van der Waals surface area contributed by atoms with E-state index < -0.39 is 5.92 Å². The maximum atomic E-state index is 12.8. The number of ether oxygens (including phenoxy) is 1. The van der Waals surface area contributed by atoms with Gasteiger partial charge in [-0.15, -0.1) is 0 Å². The Labute approximate surface area is 171 Å². The number of hydrogen-bond donors (Lipinski definition) is 1. The van der Waals surface area contributed by atoms with Crippen LogP contribution in [0.2, 0.25) is 0 Å². The first-order chi connectivity index (χ1) is 14.1. The average molecular weight is 387 g/mol. The molecule has 1 atom stereocenters. The normalized spacial score (nSPS) is 11.6. The van der Waals surface area contributed by atoms with Gasteiger partial charge in [0.25, 0.3) is 0 Å². The van der Waals surface area contributed by atoms with Crippen molar-refractivity contribution in [3.63, 3.8) is 0 Å². The predicted octanol–water partition coefficient (Wildman–Crippen LogP) is 4.93. The van der Waals surface area contributed by atoms with Crippen LogP contribution < -0.4 is 5.73 Å². The summed E-state index contributed by atoms with van der Waals surface area (Å²) in [5, 5.41) is 0. The molecule has 3 aromatic carbocycles. The molecule has 0 bridgehead atoms. The van der Waals surface area contributed by atoms with Crippen molar-refractivity contribution in [3.8, 4) is 11.1 Å². The first-order valence-electron chi connectivity index (χ1n) is 9.76. The summed E-state index contributed by atoms with van der Waals surface area (Å²) in [6.45, 7) is 2.07. The van der Waals surface area contributed by atoms with Crippen LogP contribution in [0.1, 0.15) is 29.3 Å². The van der Waals surface area contributed by atoms with E-state index in [1.54, 1.807) is 19.1 Å². The highest BCUT2D eigenvalue weighted by atomic mass is 16.5. The Morgan fingerprint density at radius 2 is 1.45 bits per heavy atom. The summed E-state index contributed by atoms with van der Waals surface area (Å²) >= 11 is 0. The number of anilines is 1. The Bertz CT molecular complexity index is 948. The Morgan fingerprint density at radius 3 is 2.03 bits per heavy atom. The highest BCUT2D eigenvalue weighted by Crippen LogP contribution is 2.23. The van der Waals surface area contributed by atoms with Crippen LogP contribution in [-0.2, 0) is 16.0 Å². The van der Waals surface area contributed by atoms with Gasteiger partial charge in [-0.2, -0.15) is 0 Å². The standard InChI is InChI=1S/C25H25NO3/c1-2-29-25(28)22(16-18-6-4-3-5-7-18)17-24(27)21-10-8-19(9-11-21)20-12-14-23(26)15-13-20/h3-15,22H,2,16-17,26H2,1H3/t22-/m1/s1. The van der Waals surface area contributed by atoms with Crippen molar-refractivity contribution in [2.24, 2.45) is 5.92 Å². The fraction of sp³-hybridized carbons (Fsp3) is 0.200. The maximum Gasteiger partial charge on any atom is 0.309 e. The maximum absolute atomic E-state index is 12.8. The van der Waals surface area contributed by atoms with Crippen molar-refractivity contribution < 1.29 is 14.3 Å². The van der Waals surface area contributed by atoms with Crippen LogP contribution in [0.25, 0.3) is 11.1 Å². The molecule has 4 heteroatoms. The molecular formula is C25H25NO3. The minimum Gasteiger partial charge on any atom is -0.466 e. The molecule has 0 spiro atoms. The summed E-state index contributed by atoms with van der Waals surface area (Å²) < 4.78 is 5.20. The molecule has 29 heavy (non-hydrogen) atoms. The Kier molecular flexibility index (Phi) is 6.80. The van der Waals surface area contributed by atoms with Gasteiger partial charge < -0.3 is 10.5 Å². The molecule has 0 fully saturated rings. The second kappa shape index (κ2) is 9.69. The SMILES string of the molecule is CCOC(=O)[C@@H](CC(=O)c1ccc(-c2ccc(N)cc2)cc1)Cc1ccccc1. The minimum absolute atomic E-state index is 0.0668. The number of Topliss-reactive ketones (excluding diaryl/α,β-unsaturated/α-hetero) is 1. The molecule has 0 saturated carbocycles. The molecule has 2 N–H and O–H groups in total. The topological polar surface area (TPSA) is 69.4 Å². The van der Waals surface area contributed by atoms with Crippen molar-refractivity contribution in [1.82, 2.24) is 0 Å². The van der Waals surface area contributed by atoms with E-state index in [-0.39, 0.29) is 18.2 Å². The van der Waals surface area contributed by atoms with E-state index in [0.717, 1.165) is 16.7 Å². The molecule has 0 unspecified atom stereocenters. The lowest BCUT2D eigenvalue weighted by Crippen LogP contribution is -2.23. The molecule has 3 rings (SSSR count). The van der Waals surface area contributed by atoms with E-state index in [0.29, 0.717) is 24.3 Å². The van der Waals surface area contributed by atoms with E-state index in [2.05, 4.69) is 0 Å². The Morgan fingerprint density at radius 1 is 0.862 bits per heavy atom. The largest absolute Gasteiger partial charge is 0.466 e. The first-order valence-corrected chi connectivity index (χ1v) is 9.76. The fourth-order valence-corrected chi connectivity index (χ4v) is 3.26. The summed E-state index contributed by atoms with van der Waals surface area (Å²) in [5.74, 6) is -0.896. The summed E-state index contributed by atoms with van der Waals surface area (Å²) in [4.78, 5) is 25.2. The van der Waals surface area contributed by atoms with Gasteiger partial charge in [0.1, 0.15) is 0 Å². The molecule has 3 aromatic rings. The molecule has 148 valence electrons. The molecule has 4 nitrogen and oxygen atoms in total. The smallest absolute Gasteiger partial charge is 0.309 e. The average Bonchev–Trinajstić information content (AvgIpc) is 2.75. The minimum atomic E-state index is -0.498. The highest BCUT2D eigenvalue weighted by molar-refractivity contribution is 5.98. The van der Waals surface area contributed by atoms with Gasteiger partial charge in [0, 0.05) is 17.7 Å². The van der Waals surface area contributed by atoms with E-state index in [1.165, 1.54) is 0 Å². The van der Waals surface area contributed by atoms with Gasteiger partial charge in [-0.05, 0) is 42.2 Å². The van der Waals surface area contributed by atoms with E-state index in [4.69, 9.17) is 10.5 Å². The van der Waals surface area contributed by atoms with Crippen molar-refractivity contribution in [2.45, 2.75) is 19.8 Å². The number of nitrogens with two attached hydrogens (primary N) is 1. The van der Waals surface area contributed by atoms with Gasteiger partial charge in [-0.25, -0.2) is 0 Å². The number of carbonyl (C=O) groups is 2. The molecule has 0 aliphatic heterocycles. The lowest BCUT2D eigenvalue weighted by Gasteiger charge is -2.15.